The molecule has 0 fully saturated rings. The van der Waals surface area contributed by atoms with Gasteiger partial charge < -0.3 is 20.7 Å². The molecule has 0 aromatic carbocycles. The zero-order valence-corrected chi connectivity index (χ0v) is 10.3. The molecule has 0 bridgehead atoms. The molecule has 0 saturated carbocycles. The number of hydrogen-bond donors (Lipinski definition) is 3. The molecule has 1 aromatic heterocycles. The maximum absolute atomic E-state index is 11.5. The number of nitrogens with two attached hydrogens (primary N) is 1. The van der Waals surface area contributed by atoms with Crippen LogP contribution in [-0.4, -0.2) is 39.1 Å². The maximum Gasteiger partial charge on any atom is 0.320 e. The van der Waals surface area contributed by atoms with E-state index in [4.69, 9.17) is 10.8 Å². The third-order valence-corrected chi connectivity index (χ3v) is 2.62. The van der Waals surface area contributed by atoms with Crippen molar-refractivity contribution in [2.24, 2.45) is 12.8 Å². The maximum atomic E-state index is 11.5. The fourth-order valence-corrected chi connectivity index (χ4v) is 1.45. The minimum atomic E-state index is -1.06. The summed E-state index contributed by atoms with van der Waals surface area (Å²) in [6, 6.07) is -0.928. The van der Waals surface area contributed by atoms with Crippen molar-refractivity contribution in [2.45, 2.75) is 25.3 Å². The molecule has 0 aliphatic rings. The van der Waals surface area contributed by atoms with Gasteiger partial charge in [0.25, 0.3) is 0 Å². The lowest BCUT2D eigenvalue weighted by atomic mass is 10.2. The molecule has 0 spiro atoms. The summed E-state index contributed by atoms with van der Waals surface area (Å²) in [6.07, 6.45) is 4.58. The molecule has 1 heterocycles. The Morgan fingerprint density at radius 3 is 2.89 bits per heavy atom. The second-order valence-corrected chi connectivity index (χ2v) is 4.08. The highest BCUT2D eigenvalue weighted by Crippen LogP contribution is 2.00. The van der Waals surface area contributed by atoms with Crippen molar-refractivity contribution >= 4 is 11.9 Å². The topological polar surface area (TPSA) is 110 Å². The monoisotopic (exact) mass is 254 g/mol. The van der Waals surface area contributed by atoms with Gasteiger partial charge >= 0.3 is 5.97 Å². The van der Waals surface area contributed by atoms with E-state index in [1.165, 1.54) is 0 Å². The van der Waals surface area contributed by atoms with Crippen LogP contribution in [-0.2, 0) is 23.1 Å². The van der Waals surface area contributed by atoms with Crippen LogP contribution in [0.3, 0.4) is 0 Å². The minimum Gasteiger partial charge on any atom is -0.480 e. The van der Waals surface area contributed by atoms with Crippen LogP contribution in [0.15, 0.2) is 12.5 Å². The average Bonchev–Trinajstić information content (AvgIpc) is 2.72. The highest BCUT2D eigenvalue weighted by molar-refractivity contribution is 5.76. The Morgan fingerprint density at radius 1 is 1.61 bits per heavy atom. The first-order valence-electron chi connectivity index (χ1n) is 5.71. The number of carbonyl (C=O) groups excluding carboxylic acids is 1. The summed E-state index contributed by atoms with van der Waals surface area (Å²) in [6.45, 7) is 0.275. The smallest absolute Gasteiger partial charge is 0.320 e. The number of aryl methyl sites for hydroxylation is 2. The number of hydrogen-bond acceptors (Lipinski definition) is 4. The first kappa shape index (κ1) is 14.2. The predicted octanol–water partition coefficient (Wildman–Crippen LogP) is -0.729. The van der Waals surface area contributed by atoms with E-state index < -0.39 is 12.0 Å². The molecule has 100 valence electrons. The Bertz CT molecular complexity index is 416. The van der Waals surface area contributed by atoms with Crippen LogP contribution >= 0.6 is 0 Å². The van der Waals surface area contributed by atoms with Gasteiger partial charge in [-0.3, -0.25) is 9.59 Å². The van der Waals surface area contributed by atoms with E-state index in [2.05, 4.69) is 10.3 Å². The molecule has 1 atom stereocenters. The summed E-state index contributed by atoms with van der Waals surface area (Å²) < 4.78 is 1.85. The molecule has 1 amide bonds. The molecule has 0 radical (unpaired) electrons. The zero-order chi connectivity index (χ0) is 13.5. The molecule has 7 nitrogen and oxygen atoms in total. The molecule has 1 rings (SSSR count). The van der Waals surface area contributed by atoms with E-state index in [9.17, 15) is 9.59 Å². The van der Waals surface area contributed by atoms with Crippen LogP contribution < -0.4 is 11.1 Å². The van der Waals surface area contributed by atoms with Gasteiger partial charge in [0.2, 0.25) is 5.91 Å². The highest BCUT2D eigenvalue weighted by atomic mass is 16.4. The third-order valence-electron chi connectivity index (χ3n) is 2.62. The normalized spacial score (nSPS) is 12.1. The van der Waals surface area contributed by atoms with Crippen molar-refractivity contribution in [3.8, 4) is 0 Å². The molecule has 0 unspecified atom stereocenters. The number of rotatable bonds is 7. The van der Waals surface area contributed by atoms with Gasteiger partial charge in [0.1, 0.15) is 6.04 Å². The van der Waals surface area contributed by atoms with E-state index in [0.29, 0.717) is 12.8 Å². The van der Waals surface area contributed by atoms with Crippen LogP contribution in [0, 0.1) is 0 Å². The summed E-state index contributed by atoms with van der Waals surface area (Å²) in [4.78, 5) is 25.9. The van der Waals surface area contributed by atoms with Crippen LogP contribution in [0.25, 0.3) is 0 Å². The molecule has 0 aliphatic carbocycles. The van der Waals surface area contributed by atoms with Crippen LogP contribution in [0.5, 0.6) is 0 Å². The minimum absolute atomic E-state index is 0.117. The van der Waals surface area contributed by atoms with E-state index in [1.54, 1.807) is 12.5 Å². The standard InChI is InChI=1S/C11H18N4O3/c1-15-7-13-6-8(15)2-3-10(16)14-5-4-9(12)11(17)18/h6-7,9H,2-5,12H2,1H3,(H,14,16)(H,17,18)/t9-/m0/s1. The molecule has 18 heavy (non-hydrogen) atoms. The van der Waals surface area contributed by atoms with Crippen molar-refractivity contribution in [3.05, 3.63) is 18.2 Å². The summed E-state index contributed by atoms with van der Waals surface area (Å²) in [5.41, 5.74) is 6.29. The van der Waals surface area contributed by atoms with Crippen molar-refractivity contribution in [2.75, 3.05) is 6.54 Å². The second-order valence-electron chi connectivity index (χ2n) is 4.08. The van der Waals surface area contributed by atoms with Crippen LogP contribution in [0.4, 0.5) is 0 Å². The number of nitrogens with one attached hydrogen (secondary N) is 1. The Balaban J connectivity index is 2.19. The number of aliphatic carboxylic acids is 1. The van der Waals surface area contributed by atoms with Gasteiger partial charge in [-0.2, -0.15) is 0 Å². The Hall–Kier alpha value is -1.89. The lowest BCUT2D eigenvalue weighted by Crippen LogP contribution is -2.35. The number of carboxylic acids is 1. The summed E-state index contributed by atoms with van der Waals surface area (Å²) in [7, 11) is 1.87. The number of imidazole rings is 1. The van der Waals surface area contributed by atoms with E-state index in [-0.39, 0.29) is 18.9 Å². The summed E-state index contributed by atoms with van der Waals surface area (Å²) in [5, 5.41) is 11.2. The van der Waals surface area contributed by atoms with Crippen molar-refractivity contribution in [1.82, 2.24) is 14.9 Å². The SMILES string of the molecule is Cn1cncc1CCC(=O)NCC[C@H](N)C(=O)O. The van der Waals surface area contributed by atoms with Gasteiger partial charge in [0, 0.05) is 31.9 Å². The first-order chi connectivity index (χ1) is 8.50. The highest BCUT2D eigenvalue weighted by Gasteiger charge is 2.11. The van der Waals surface area contributed by atoms with Gasteiger partial charge in [0.05, 0.1) is 6.33 Å². The fraction of sp³-hybridized carbons (Fsp3) is 0.545. The second kappa shape index (κ2) is 6.75. The van der Waals surface area contributed by atoms with E-state index in [1.807, 2.05) is 11.6 Å². The number of nitrogens with zero attached hydrogens (tertiary/aromatic N) is 2. The number of aromatic nitrogens is 2. The predicted molar refractivity (Wildman–Crippen MR) is 64.8 cm³/mol. The Labute approximate surface area is 105 Å². The third kappa shape index (κ3) is 4.54. The van der Waals surface area contributed by atoms with Crippen molar-refractivity contribution in [1.29, 1.82) is 0 Å². The van der Waals surface area contributed by atoms with E-state index in [0.717, 1.165) is 5.69 Å². The molecule has 4 N–H and O–H groups in total. The molecule has 0 aliphatic heterocycles. The number of carbonyl (C=O) groups is 2. The van der Waals surface area contributed by atoms with Crippen molar-refractivity contribution < 1.29 is 14.7 Å². The lowest BCUT2D eigenvalue weighted by Gasteiger charge is -2.08. The molecule has 7 heteroatoms. The largest absolute Gasteiger partial charge is 0.480 e. The molecular weight excluding hydrogens is 236 g/mol. The summed E-state index contributed by atoms with van der Waals surface area (Å²) in [5.74, 6) is -1.17. The van der Waals surface area contributed by atoms with E-state index >= 15 is 0 Å². The van der Waals surface area contributed by atoms with Crippen molar-refractivity contribution in [3.63, 3.8) is 0 Å². The quantitative estimate of drug-likeness (QED) is 0.594. The van der Waals surface area contributed by atoms with Crippen LogP contribution in [0.2, 0.25) is 0 Å². The van der Waals surface area contributed by atoms with Crippen LogP contribution in [0.1, 0.15) is 18.5 Å². The molecule has 1 aromatic rings. The Morgan fingerprint density at radius 2 is 2.33 bits per heavy atom. The van der Waals surface area contributed by atoms with Gasteiger partial charge in [0.15, 0.2) is 0 Å². The fourth-order valence-electron chi connectivity index (χ4n) is 1.45. The van der Waals surface area contributed by atoms with Gasteiger partial charge in [-0.1, -0.05) is 0 Å². The number of carboxylic acid groups (broad SMARTS) is 1. The Kier molecular flexibility index (Phi) is 5.31. The lowest BCUT2D eigenvalue weighted by molar-refractivity contribution is -0.138. The zero-order valence-electron chi connectivity index (χ0n) is 10.3. The van der Waals surface area contributed by atoms with Gasteiger partial charge in [-0.25, -0.2) is 4.98 Å². The first-order valence-corrected chi connectivity index (χ1v) is 5.71. The summed E-state index contributed by atoms with van der Waals surface area (Å²) >= 11 is 0. The average molecular weight is 254 g/mol. The van der Waals surface area contributed by atoms with Gasteiger partial charge in [-0.05, 0) is 12.8 Å². The van der Waals surface area contributed by atoms with Gasteiger partial charge in [-0.15, -0.1) is 0 Å². The molecular formula is C11H18N4O3. The molecule has 0 saturated heterocycles. The number of amides is 1.